The van der Waals surface area contributed by atoms with E-state index < -0.39 is 0 Å². The molecule has 0 aromatic carbocycles. The van der Waals surface area contributed by atoms with E-state index in [0.717, 1.165) is 12.0 Å². The van der Waals surface area contributed by atoms with Crippen molar-refractivity contribution in [1.29, 1.82) is 0 Å². The normalized spacial score (nSPS) is 10.3. The molecule has 0 atom stereocenters. The van der Waals surface area contributed by atoms with Crippen molar-refractivity contribution < 1.29 is 9.53 Å². The van der Waals surface area contributed by atoms with E-state index in [1.54, 1.807) is 12.1 Å². The van der Waals surface area contributed by atoms with Gasteiger partial charge in [-0.15, -0.1) is 0 Å². The van der Waals surface area contributed by atoms with Crippen LogP contribution < -0.4 is 5.32 Å². The van der Waals surface area contributed by atoms with Crippen molar-refractivity contribution in [3.8, 4) is 0 Å². The fraction of sp³-hybridized carbons (Fsp3) is 0.500. The Kier molecular flexibility index (Phi) is 5.94. The maximum Gasteiger partial charge on any atom is 0.270 e. The minimum Gasteiger partial charge on any atom is -0.382 e. The lowest BCUT2D eigenvalue weighted by atomic mass is 10.2. The average Bonchev–Trinajstić information content (AvgIpc) is 2.32. The molecule has 0 aliphatic rings. The third-order valence-electron chi connectivity index (χ3n) is 2.23. The summed E-state index contributed by atoms with van der Waals surface area (Å²) in [5.74, 6) is -0.193. The lowest BCUT2D eigenvalue weighted by Crippen LogP contribution is -2.27. The Morgan fingerprint density at radius 1 is 1.53 bits per heavy atom. The number of ether oxygens (including phenoxy) is 1. The monoisotopic (exact) mass is 256 g/mol. The smallest absolute Gasteiger partial charge is 0.270 e. The molecule has 0 aliphatic carbocycles. The summed E-state index contributed by atoms with van der Waals surface area (Å²) in [5, 5.41) is 3.11. The molecule has 0 saturated heterocycles. The number of amides is 1. The van der Waals surface area contributed by atoms with Crippen molar-refractivity contribution in [2.24, 2.45) is 0 Å². The lowest BCUT2D eigenvalue weighted by Gasteiger charge is -2.07. The summed E-state index contributed by atoms with van der Waals surface area (Å²) < 4.78 is 5.18. The first kappa shape index (κ1) is 13.9. The summed E-state index contributed by atoms with van der Waals surface area (Å²) in [4.78, 5) is 15.8. The fourth-order valence-electron chi connectivity index (χ4n) is 1.34. The molecule has 0 aliphatic heterocycles. The molecule has 0 radical (unpaired) electrons. The summed E-state index contributed by atoms with van der Waals surface area (Å²) in [7, 11) is 0. The van der Waals surface area contributed by atoms with Gasteiger partial charge in [-0.05, 0) is 31.9 Å². The highest BCUT2D eigenvalue weighted by Crippen LogP contribution is 2.10. The number of aryl methyl sites for hydroxylation is 1. The maximum absolute atomic E-state index is 11.8. The van der Waals surface area contributed by atoms with Crippen LogP contribution in [0.1, 0.15) is 29.4 Å². The summed E-state index contributed by atoms with van der Waals surface area (Å²) in [6.07, 6.45) is 0.791. The van der Waals surface area contributed by atoms with Crippen molar-refractivity contribution in [3.63, 3.8) is 0 Å². The molecule has 1 aromatic rings. The molecule has 0 spiro atoms. The fourth-order valence-corrected chi connectivity index (χ4v) is 1.49. The molecule has 0 fully saturated rings. The molecular formula is C12H17ClN2O2. The highest BCUT2D eigenvalue weighted by atomic mass is 35.5. The SMILES string of the molecule is CCOCCCNC(=O)c1nc(Cl)ccc1C. The van der Waals surface area contributed by atoms with Crippen molar-refractivity contribution in [1.82, 2.24) is 10.3 Å². The second-order valence-corrected chi connectivity index (χ2v) is 3.99. The van der Waals surface area contributed by atoms with Gasteiger partial charge in [0.1, 0.15) is 10.8 Å². The topological polar surface area (TPSA) is 51.2 Å². The Hall–Kier alpha value is -1.13. The Bertz CT molecular complexity index is 383. The number of hydrogen-bond acceptors (Lipinski definition) is 3. The minimum atomic E-state index is -0.193. The number of halogens is 1. The Balaban J connectivity index is 2.44. The van der Waals surface area contributed by atoms with Crippen LogP contribution >= 0.6 is 11.6 Å². The molecular weight excluding hydrogens is 240 g/mol. The first-order valence-corrected chi connectivity index (χ1v) is 6.02. The van der Waals surface area contributed by atoms with E-state index in [9.17, 15) is 4.79 Å². The molecule has 1 amide bonds. The first-order valence-electron chi connectivity index (χ1n) is 5.64. The van der Waals surface area contributed by atoms with Crippen molar-refractivity contribution in [2.75, 3.05) is 19.8 Å². The van der Waals surface area contributed by atoms with Crippen LogP contribution in [0.15, 0.2) is 12.1 Å². The van der Waals surface area contributed by atoms with Crippen LogP contribution in [0.25, 0.3) is 0 Å². The zero-order valence-corrected chi connectivity index (χ0v) is 10.9. The van der Waals surface area contributed by atoms with Crippen LogP contribution in [0.5, 0.6) is 0 Å². The number of nitrogens with one attached hydrogen (secondary N) is 1. The van der Waals surface area contributed by atoms with Crippen LogP contribution in [0, 0.1) is 6.92 Å². The van der Waals surface area contributed by atoms with Gasteiger partial charge in [-0.2, -0.15) is 0 Å². The van der Waals surface area contributed by atoms with E-state index in [0.29, 0.717) is 30.6 Å². The molecule has 1 N–H and O–H groups in total. The van der Waals surface area contributed by atoms with Crippen LogP contribution in [0.4, 0.5) is 0 Å². The van der Waals surface area contributed by atoms with Gasteiger partial charge in [0.2, 0.25) is 0 Å². The zero-order chi connectivity index (χ0) is 12.7. The largest absolute Gasteiger partial charge is 0.382 e. The van der Waals surface area contributed by atoms with Gasteiger partial charge in [-0.25, -0.2) is 4.98 Å². The summed E-state index contributed by atoms with van der Waals surface area (Å²) in [5.41, 5.74) is 1.20. The maximum atomic E-state index is 11.8. The molecule has 4 nitrogen and oxygen atoms in total. The number of carbonyl (C=O) groups excluding carboxylic acids is 1. The molecule has 0 saturated carbocycles. The number of hydrogen-bond donors (Lipinski definition) is 1. The zero-order valence-electron chi connectivity index (χ0n) is 10.1. The van der Waals surface area contributed by atoms with Crippen LogP contribution in [-0.4, -0.2) is 30.6 Å². The third kappa shape index (κ3) is 4.71. The van der Waals surface area contributed by atoms with E-state index in [4.69, 9.17) is 16.3 Å². The van der Waals surface area contributed by atoms with Gasteiger partial charge in [-0.1, -0.05) is 17.7 Å². The summed E-state index contributed by atoms with van der Waals surface area (Å²) in [6, 6.07) is 3.45. The molecule has 0 bridgehead atoms. The van der Waals surface area contributed by atoms with Crippen LogP contribution in [0.2, 0.25) is 5.15 Å². The molecule has 1 aromatic heterocycles. The van der Waals surface area contributed by atoms with E-state index in [-0.39, 0.29) is 5.91 Å². The van der Waals surface area contributed by atoms with Gasteiger partial charge in [0, 0.05) is 19.8 Å². The quantitative estimate of drug-likeness (QED) is 0.627. The van der Waals surface area contributed by atoms with Crippen molar-refractivity contribution in [3.05, 3.63) is 28.5 Å². The van der Waals surface area contributed by atoms with E-state index in [2.05, 4.69) is 10.3 Å². The minimum absolute atomic E-state index is 0.193. The Morgan fingerprint density at radius 3 is 3.00 bits per heavy atom. The molecule has 5 heteroatoms. The summed E-state index contributed by atoms with van der Waals surface area (Å²) >= 11 is 5.75. The molecule has 0 unspecified atom stereocenters. The van der Waals surface area contributed by atoms with Gasteiger partial charge in [0.15, 0.2) is 0 Å². The number of rotatable bonds is 6. The number of carbonyl (C=O) groups is 1. The first-order chi connectivity index (χ1) is 8.15. The second-order valence-electron chi connectivity index (χ2n) is 3.61. The van der Waals surface area contributed by atoms with Gasteiger partial charge < -0.3 is 10.1 Å². The predicted octanol–water partition coefficient (Wildman–Crippen LogP) is 2.20. The highest BCUT2D eigenvalue weighted by molar-refractivity contribution is 6.29. The van der Waals surface area contributed by atoms with Gasteiger partial charge >= 0.3 is 0 Å². The van der Waals surface area contributed by atoms with Crippen molar-refractivity contribution in [2.45, 2.75) is 20.3 Å². The molecule has 1 heterocycles. The number of nitrogens with zero attached hydrogens (tertiary/aromatic N) is 1. The van der Waals surface area contributed by atoms with Crippen molar-refractivity contribution >= 4 is 17.5 Å². The molecule has 94 valence electrons. The second kappa shape index (κ2) is 7.25. The molecule has 1 rings (SSSR count). The predicted molar refractivity (Wildman–Crippen MR) is 67.4 cm³/mol. The Labute approximate surface area is 106 Å². The van der Waals surface area contributed by atoms with Crippen LogP contribution in [0.3, 0.4) is 0 Å². The van der Waals surface area contributed by atoms with E-state index in [1.165, 1.54) is 0 Å². The highest BCUT2D eigenvalue weighted by Gasteiger charge is 2.10. The van der Waals surface area contributed by atoms with E-state index >= 15 is 0 Å². The molecule has 17 heavy (non-hydrogen) atoms. The van der Waals surface area contributed by atoms with Gasteiger partial charge in [-0.3, -0.25) is 4.79 Å². The number of aromatic nitrogens is 1. The average molecular weight is 257 g/mol. The third-order valence-corrected chi connectivity index (χ3v) is 2.44. The van der Waals surface area contributed by atoms with Gasteiger partial charge in [0.25, 0.3) is 5.91 Å². The summed E-state index contributed by atoms with van der Waals surface area (Å²) in [6.45, 7) is 5.70. The lowest BCUT2D eigenvalue weighted by molar-refractivity contribution is 0.0938. The standard InChI is InChI=1S/C12H17ClN2O2/c1-3-17-8-4-7-14-12(16)11-9(2)5-6-10(13)15-11/h5-6H,3-4,7-8H2,1-2H3,(H,14,16). The number of pyridine rings is 1. The van der Waals surface area contributed by atoms with Crippen LogP contribution in [-0.2, 0) is 4.74 Å². The van der Waals surface area contributed by atoms with E-state index in [1.807, 2.05) is 13.8 Å². The van der Waals surface area contributed by atoms with Gasteiger partial charge in [0.05, 0.1) is 0 Å². The Morgan fingerprint density at radius 2 is 2.29 bits per heavy atom.